The smallest absolute Gasteiger partial charge is 0.288 e. The van der Waals surface area contributed by atoms with E-state index in [9.17, 15) is 18.8 Å². The molecular weight excluding hydrogens is 392 g/mol. The number of hydrogen-bond donors (Lipinski definition) is 2. The highest BCUT2D eigenvalue weighted by molar-refractivity contribution is 8.00. The predicted octanol–water partition coefficient (Wildman–Crippen LogP) is 3.84. The number of hydrogen-bond acceptors (Lipinski definition) is 7. The number of nitrogens with one attached hydrogen (secondary N) is 1. The molecule has 2 aromatic rings. The Morgan fingerprint density at radius 2 is 1.81 bits per heavy atom. The number of nitriles is 2. The number of benzene rings is 1. The molecule has 0 aliphatic rings. The molecule has 2 rings (SSSR count). The average molecular weight is 405 g/mol. The summed E-state index contributed by atoms with van der Waals surface area (Å²) in [7, 11) is 0. The van der Waals surface area contributed by atoms with Crippen molar-refractivity contribution in [1.29, 1.82) is 10.5 Å². The van der Waals surface area contributed by atoms with Crippen molar-refractivity contribution in [2.24, 2.45) is 0 Å². The molecule has 3 N–H and O–H groups in total. The summed E-state index contributed by atoms with van der Waals surface area (Å²) in [4.78, 5) is 16.8. The lowest BCUT2D eigenvalue weighted by molar-refractivity contribution is -0.115. The molecule has 1 heterocycles. The zero-order valence-corrected chi connectivity index (χ0v) is 15.6. The van der Waals surface area contributed by atoms with E-state index in [-0.39, 0.29) is 27.9 Å². The third-order valence-corrected chi connectivity index (χ3v) is 5.09. The van der Waals surface area contributed by atoms with Crippen LogP contribution in [0.5, 0.6) is 0 Å². The molecule has 0 unspecified atom stereocenters. The SMILES string of the molecule is C[C@H](Sc1nc(N)c(C#N)cc1C#N)C(=O)Nc1ccc(SC(F)F)cc1. The molecule has 1 aromatic heterocycles. The number of nitrogens with two attached hydrogens (primary N) is 1. The zero-order chi connectivity index (χ0) is 20.0. The molecule has 0 saturated heterocycles. The van der Waals surface area contributed by atoms with E-state index in [0.29, 0.717) is 22.3 Å². The van der Waals surface area contributed by atoms with Crippen LogP contribution in [0.3, 0.4) is 0 Å². The van der Waals surface area contributed by atoms with Gasteiger partial charge in [-0.25, -0.2) is 4.98 Å². The second-order valence-electron chi connectivity index (χ2n) is 5.15. The summed E-state index contributed by atoms with van der Waals surface area (Å²) in [5.74, 6) is -2.88. The van der Waals surface area contributed by atoms with Gasteiger partial charge in [-0.15, -0.1) is 0 Å². The number of alkyl halides is 2. The average Bonchev–Trinajstić information content (AvgIpc) is 2.63. The van der Waals surface area contributed by atoms with Crippen molar-refractivity contribution in [2.75, 3.05) is 11.1 Å². The maximum absolute atomic E-state index is 12.3. The van der Waals surface area contributed by atoms with E-state index < -0.39 is 11.0 Å². The Balaban J connectivity index is 2.07. The quantitative estimate of drug-likeness (QED) is 0.702. The van der Waals surface area contributed by atoms with E-state index in [1.54, 1.807) is 6.92 Å². The molecule has 1 atom stereocenters. The van der Waals surface area contributed by atoms with Gasteiger partial charge < -0.3 is 11.1 Å². The van der Waals surface area contributed by atoms with Gasteiger partial charge in [0.1, 0.15) is 23.0 Å². The van der Waals surface area contributed by atoms with Crippen LogP contribution in [0.1, 0.15) is 18.1 Å². The van der Waals surface area contributed by atoms with Gasteiger partial charge in [0, 0.05) is 10.6 Å². The van der Waals surface area contributed by atoms with Crippen molar-refractivity contribution >= 4 is 40.9 Å². The molecule has 1 aromatic carbocycles. The second-order valence-corrected chi connectivity index (χ2v) is 7.54. The molecule has 1 amide bonds. The number of aromatic nitrogens is 1. The lowest BCUT2D eigenvalue weighted by Crippen LogP contribution is -2.22. The predicted molar refractivity (Wildman–Crippen MR) is 100 cm³/mol. The lowest BCUT2D eigenvalue weighted by atomic mass is 10.2. The first-order valence-electron chi connectivity index (χ1n) is 7.47. The maximum Gasteiger partial charge on any atom is 0.288 e. The Morgan fingerprint density at radius 1 is 1.19 bits per heavy atom. The molecule has 0 saturated carbocycles. The molecule has 27 heavy (non-hydrogen) atoms. The van der Waals surface area contributed by atoms with Gasteiger partial charge in [-0.2, -0.15) is 19.3 Å². The van der Waals surface area contributed by atoms with E-state index in [1.165, 1.54) is 30.3 Å². The monoisotopic (exact) mass is 405 g/mol. The molecule has 0 aliphatic heterocycles. The minimum Gasteiger partial charge on any atom is -0.383 e. The Morgan fingerprint density at radius 3 is 2.37 bits per heavy atom. The number of rotatable bonds is 6. The number of nitrogens with zero attached hydrogens (tertiary/aromatic N) is 3. The third-order valence-electron chi connectivity index (χ3n) is 3.26. The van der Waals surface area contributed by atoms with Crippen molar-refractivity contribution in [3.05, 3.63) is 41.5 Å². The van der Waals surface area contributed by atoms with Gasteiger partial charge in [-0.3, -0.25) is 4.79 Å². The summed E-state index contributed by atoms with van der Waals surface area (Å²) in [5.41, 5.74) is 6.37. The number of thioether (sulfide) groups is 2. The van der Waals surface area contributed by atoms with Crippen LogP contribution in [-0.4, -0.2) is 21.9 Å². The van der Waals surface area contributed by atoms with E-state index >= 15 is 0 Å². The fourth-order valence-corrected chi connectivity index (χ4v) is 3.34. The molecule has 0 bridgehead atoms. The summed E-state index contributed by atoms with van der Waals surface area (Å²) >= 11 is 1.45. The minimum atomic E-state index is -2.51. The molecule has 6 nitrogen and oxygen atoms in total. The summed E-state index contributed by atoms with van der Waals surface area (Å²) in [5, 5.41) is 20.4. The van der Waals surface area contributed by atoms with Crippen LogP contribution in [0, 0.1) is 22.7 Å². The Hall–Kier alpha value is -2.82. The summed E-state index contributed by atoms with van der Waals surface area (Å²) in [6.07, 6.45) is 0. The maximum atomic E-state index is 12.3. The molecule has 0 radical (unpaired) electrons. The first-order valence-corrected chi connectivity index (χ1v) is 9.23. The normalized spacial score (nSPS) is 11.5. The van der Waals surface area contributed by atoms with E-state index in [4.69, 9.17) is 11.0 Å². The van der Waals surface area contributed by atoms with E-state index in [2.05, 4.69) is 10.3 Å². The molecule has 138 valence electrons. The number of anilines is 2. The van der Waals surface area contributed by atoms with Crippen LogP contribution >= 0.6 is 23.5 Å². The summed E-state index contributed by atoms with van der Waals surface area (Å²) in [6.45, 7) is 1.62. The fourth-order valence-electron chi connectivity index (χ4n) is 1.95. The van der Waals surface area contributed by atoms with Gasteiger partial charge in [0.25, 0.3) is 5.76 Å². The van der Waals surface area contributed by atoms with E-state index in [0.717, 1.165) is 11.8 Å². The van der Waals surface area contributed by atoms with Crippen LogP contribution < -0.4 is 11.1 Å². The van der Waals surface area contributed by atoms with Gasteiger partial charge in [-0.05, 0) is 37.3 Å². The fraction of sp³-hybridized carbons (Fsp3) is 0.176. The first-order chi connectivity index (χ1) is 12.8. The van der Waals surface area contributed by atoms with Crippen molar-refractivity contribution in [1.82, 2.24) is 4.98 Å². The largest absolute Gasteiger partial charge is 0.383 e. The van der Waals surface area contributed by atoms with Crippen molar-refractivity contribution in [3.63, 3.8) is 0 Å². The Bertz CT molecular complexity index is 923. The number of carbonyl (C=O) groups excluding carboxylic acids is 1. The number of pyridine rings is 1. The van der Waals surface area contributed by atoms with Gasteiger partial charge in [0.15, 0.2) is 0 Å². The van der Waals surface area contributed by atoms with Crippen LogP contribution in [0.4, 0.5) is 20.3 Å². The molecular formula is C17H13F2N5OS2. The zero-order valence-electron chi connectivity index (χ0n) is 13.9. The standard InChI is InChI=1S/C17H13F2N5OS2/c1-9(26-16-11(8-21)6-10(7-20)14(22)24-16)15(25)23-12-2-4-13(5-3-12)27-17(18)19/h2-6,9,17H,1H3,(H2,22,24)(H,23,25)/t9-/m0/s1. The summed E-state index contributed by atoms with van der Waals surface area (Å²) < 4.78 is 24.6. The number of halogens is 2. The minimum absolute atomic E-state index is 0.0151. The van der Waals surface area contributed by atoms with E-state index in [1.807, 2.05) is 12.1 Å². The number of carbonyl (C=O) groups is 1. The van der Waals surface area contributed by atoms with Crippen molar-refractivity contribution < 1.29 is 13.6 Å². The Labute approximate surface area is 162 Å². The lowest BCUT2D eigenvalue weighted by Gasteiger charge is -2.13. The van der Waals surface area contributed by atoms with Crippen LogP contribution in [0.15, 0.2) is 40.3 Å². The van der Waals surface area contributed by atoms with Crippen LogP contribution in [0.2, 0.25) is 0 Å². The number of nitrogen functional groups attached to an aromatic ring is 1. The van der Waals surface area contributed by atoms with Gasteiger partial charge in [-0.1, -0.05) is 23.5 Å². The van der Waals surface area contributed by atoms with Gasteiger partial charge >= 0.3 is 0 Å². The van der Waals surface area contributed by atoms with Crippen molar-refractivity contribution in [3.8, 4) is 12.1 Å². The molecule has 0 fully saturated rings. The molecule has 10 heteroatoms. The highest BCUT2D eigenvalue weighted by Crippen LogP contribution is 2.29. The topological polar surface area (TPSA) is 116 Å². The summed E-state index contributed by atoms with van der Waals surface area (Å²) in [6, 6.07) is 11.1. The number of amides is 1. The first kappa shape index (κ1) is 20.5. The van der Waals surface area contributed by atoms with Crippen molar-refractivity contribution in [2.45, 2.75) is 27.9 Å². The molecule has 0 spiro atoms. The van der Waals surface area contributed by atoms with Gasteiger partial charge in [0.2, 0.25) is 5.91 Å². The third kappa shape index (κ3) is 5.58. The highest BCUT2D eigenvalue weighted by atomic mass is 32.2. The Kier molecular flexibility index (Phi) is 6.99. The van der Waals surface area contributed by atoms with Crippen LogP contribution in [0.25, 0.3) is 0 Å². The second kappa shape index (κ2) is 9.21. The van der Waals surface area contributed by atoms with Gasteiger partial charge in [0.05, 0.1) is 16.4 Å². The molecule has 0 aliphatic carbocycles. The van der Waals surface area contributed by atoms with Crippen LogP contribution in [-0.2, 0) is 4.79 Å². The highest BCUT2D eigenvalue weighted by Gasteiger charge is 2.19.